The molecule has 128 valence electrons. The van der Waals surface area contributed by atoms with Crippen molar-refractivity contribution in [1.82, 2.24) is 15.1 Å². The van der Waals surface area contributed by atoms with E-state index < -0.39 is 0 Å². The largest absolute Gasteiger partial charge is 0.497 e. The van der Waals surface area contributed by atoms with Crippen LogP contribution in [0.4, 0.5) is 11.8 Å². The van der Waals surface area contributed by atoms with E-state index in [1.54, 1.807) is 20.1 Å². The number of nitrogens with zero attached hydrogens (tertiary/aromatic N) is 3. The maximum absolute atomic E-state index is 12.2. The highest BCUT2D eigenvalue weighted by molar-refractivity contribution is 6.02. The molecule has 0 saturated heterocycles. The zero-order valence-corrected chi connectivity index (χ0v) is 13.8. The van der Waals surface area contributed by atoms with Crippen molar-refractivity contribution in [2.24, 2.45) is 0 Å². The monoisotopic (exact) mass is 339 g/mol. The van der Waals surface area contributed by atoms with Crippen molar-refractivity contribution < 1.29 is 14.1 Å². The van der Waals surface area contributed by atoms with E-state index in [2.05, 4.69) is 25.8 Å². The van der Waals surface area contributed by atoms with Crippen LogP contribution in [0.1, 0.15) is 21.8 Å². The van der Waals surface area contributed by atoms with E-state index in [4.69, 9.17) is 9.26 Å². The molecule has 3 rings (SSSR count). The number of hydrogen-bond donors (Lipinski definition) is 2. The number of methoxy groups -OCH3 is 1. The van der Waals surface area contributed by atoms with Crippen molar-refractivity contribution in [3.63, 3.8) is 0 Å². The Bertz CT molecular complexity index is 861. The van der Waals surface area contributed by atoms with Gasteiger partial charge in [0.15, 0.2) is 5.82 Å². The van der Waals surface area contributed by atoms with Crippen LogP contribution >= 0.6 is 0 Å². The van der Waals surface area contributed by atoms with E-state index in [-0.39, 0.29) is 11.6 Å². The van der Waals surface area contributed by atoms with Crippen molar-refractivity contribution in [2.45, 2.75) is 13.5 Å². The lowest BCUT2D eigenvalue weighted by Crippen LogP contribution is -2.15. The maximum Gasteiger partial charge on any atom is 0.275 e. The van der Waals surface area contributed by atoms with Gasteiger partial charge in [-0.05, 0) is 30.7 Å². The molecule has 2 N–H and O–H groups in total. The van der Waals surface area contributed by atoms with E-state index >= 15 is 0 Å². The second-order valence-electron chi connectivity index (χ2n) is 5.24. The molecule has 0 saturated carbocycles. The third kappa shape index (κ3) is 4.31. The molecule has 0 fully saturated rings. The standard InChI is InChI=1S/C17H17N5O3/c1-11-9-15(22-25-11)21-16(23)14-7-8-18-17(20-14)19-10-12-3-5-13(24-2)6-4-12/h3-9H,10H2,1-2H3,(H,18,19,20)(H,21,22,23). The van der Waals surface area contributed by atoms with E-state index in [1.165, 1.54) is 12.3 Å². The molecule has 0 unspecified atom stereocenters. The number of hydrogen-bond acceptors (Lipinski definition) is 7. The number of carbonyl (C=O) groups is 1. The van der Waals surface area contributed by atoms with Crippen LogP contribution in [0.5, 0.6) is 5.75 Å². The van der Waals surface area contributed by atoms with Gasteiger partial charge in [-0.15, -0.1) is 0 Å². The molecule has 0 aliphatic rings. The summed E-state index contributed by atoms with van der Waals surface area (Å²) >= 11 is 0. The third-order valence-electron chi connectivity index (χ3n) is 3.37. The van der Waals surface area contributed by atoms with Crippen LogP contribution in [0.3, 0.4) is 0 Å². The molecule has 0 bridgehead atoms. The fourth-order valence-electron chi connectivity index (χ4n) is 2.10. The molecule has 0 atom stereocenters. The molecule has 0 aliphatic heterocycles. The van der Waals surface area contributed by atoms with Gasteiger partial charge in [-0.25, -0.2) is 9.97 Å². The van der Waals surface area contributed by atoms with E-state index in [9.17, 15) is 4.79 Å². The van der Waals surface area contributed by atoms with Gasteiger partial charge in [0.1, 0.15) is 17.2 Å². The average Bonchev–Trinajstić information content (AvgIpc) is 3.05. The number of aryl methyl sites for hydroxylation is 1. The zero-order chi connectivity index (χ0) is 17.6. The van der Waals surface area contributed by atoms with Gasteiger partial charge in [0, 0.05) is 18.8 Å². The van der Waals surface area contributed by atoms with Crippen LogP contribution in [0, 0.1) is 6.92 Å². The van der Waals surface area contributed by atoms with Crippen LogP contribution in [0.2, 0.25) is 0 Å². The molecule has 0 aliphatic carbocycles. The Balaban J connectivity index is 1.63. The summed E-state index contributed by atoms with van der Waals surface area (Å²) in [5.41, 5.74) is 1.27. The summed E-state index contributed by atoms with van der Waals surface area (Å²) < 4.78 is 10.0. The minimum absolute atomic E-state index is 0.230. The first-order valence-corrected chi connectivity index (χ1v) is 7.58. The second-order valence-corrected chi connectivity index (χ2v) is 5.24. The third-order valence-corrected chi connectivity index (χ3v) is 3.37. The number of ether oxygens (including phenoxy) is 1. The molecule has 8 nitrogen and oxygen atoms in total. The van der Waals surface area contributed by atoms with Crippen molar-refractivity contribution in [3.05, 3.63) is 59.6 Å². The van der Waals surface area contributed by atoms with E-state index in [0.717, 1.165) is 11.3 Å². The first kappa shape index (κ1) is 16.4. The van der Waals surface area contributed by atoms with Gasteiger partial charge in [-0.2, -0.15) is 0 Å². The normalized spacial score (nSPS) is 10.3. The number of anilines is 2. The van der Waals surface area contributed by atoms with Crippen molar-refractivity contribution in [2.75, 3.05) is 17.7 Å². The number of rotatable bonds is 6. The summed E-state index contributed by atoms with van der Waals surface area (Å²) in [5, 5.41) is 9.42. The molecule has 2 aromatic heterocycles. The van der Waals surface area contributed by atoms with Crippen LogP contribution < -0.4 is 15.4 Å². The fraction of sp³-hybridized carbons (Fsp3) is 0.176. The molecule has 1 aromatic carbocycles. The van der Waals surface area contributed by atoms with Gasteiger partial charge in [-0.1, -0.05) is 17.3 Å². The Morgan fingerprint density at radius 3 is 2.72 bits per heavy atom. The van der Waals surface area contributed by atoms with Crippen LogP contribution in [-0.4, -0.2) is 28.1 Å². The van der Waals surface area contributed by atoms with Crippen LogP contribution in [0.25, 0.3) is 0 Å². The summed E-state index contributed by atoms with van der Waals surface area (Å²) in [7, 11) is 1.62. The molecule has 2 heterocycles. The Hall–Kier alpha value is -3.42. The number of nitrogens with one attached hydrogen (secondary N) is 2. The highest BCUT2D eigenvalue weighted by Gasteiger charge is 2.11. The van der Waals surface area contributed by atoms with E-state index in [1.807, 2.05) is 24.3 Å². The highest BCUT2D eigenvalue weighted by Crippen LogP contribution is 2.13. The summed E-state index contributed by atoms with van der Waals surface area (Å²) in [4.78, 5) is 20.5. The predicted molar refractivity (Wildman–Crippen MR) is 91.5 cm³/mol. The van der Waals surface area contributed by atoms with Crippen molar-refractivity contribution >= 4 is 17.7 Å². The molecular formula is C17H17N5O3. The summed E-state index contributed by atoms with van der Waals surface area (Å²) in [6.07, 6.45) is 1.52. The van der Waals surface area contributed by atoms with Gasteiger partial charge < -0.3 is 19.9 Å². The SMILES string of the molecule is COc1ccc(CNc2nccc(C(=O)Nc3cc(C)on3)n2)cc1. The molecule has 3 aromatic rings. The first-order chi connectivity index (χ1) is 12.1. The number of aromatic nitrogens is 3. The Labute approximate surface area is 144 Å². The summed E-state index contributed by atoms with van der Waals surface area (Å²) in [5.74, 6) is 1.72. The van der Waals surface area contributed by atoms with E-state index in [0.29, 0.717) is 24.1 Å². The first-order valence-electron chi connectivity index (χ1n) is 7.58. The van der Waals surface area contributed by atoms with Crippen LogP contribution in [-0.2, 0) is 6.54 Å². The van der Waals surface area contributed by atoms with Crippen molar-refractivity contribution in [3.8, 4) is 5.75 Å². The van der Waals surface area contributed by atoms with Gasteiger partial charge in [-0.3, -0.25) is 4.79 Å². The predicted octanol–water partition coefficient (Wildman–Crippen LogP) is 2.65. The molecule has 1 amide bonds. The maximum atomic E-state index is 12.2. The second kappa shape index (κ2) is 7.43. The highest BCUT2D eigenvalue weighted by atomic mass is 16.5. The lowest BCUT2D eigenvalue weighted by atomic mass is 10.2. The smallest absolute Gasteiger partial charge is 0.275 e. The Morgan fingerprint density at radius 1 is 1.24 bits per heavy atom. The number of benzene rings is 1. The minimum Gasteiger partial charge on any atom is -0.497 e. The van der Waals surface area contributed by atoms with Gasteiger partial charge in [0.25, 0.3) is 5.91 Å². The lowest BCUT2D eigenvalue weighted by Gasteiger charge is -2.07. The summed E-state index contributed by atoms with van der Waals surface area (Å²) in [6, 6.07) is 10.8. The van der Waals surface area contributed by atoms with Crippen molar-refractivity contribution in [1.29, 1.82) is 0 Å². The quantitative estimate of drug-likeness (QED) is 0.711. The topological polar surface area (TPSA) is 102 Å². The molecular weight excluding hydrogens is 322 g/mol. The number of carbonyl (C=O) groups excluding carboxylic acids is 1. The number of amides is 1. The zero-order valence-electron chi connectivity index (χ0n) is 13.8. The molecule has 0 spiro atoms. The molecule has 0 radical (unpaired) electrons. The van der Waals surface area contributed by atoms with Gasteiger partial charge in [0.2, 0.25) is 5.95 Å². The minimum atomic E-state index is -0.386. The van der Waals surface area contributed by atoms with Gasteiger partial charge >= 0.3 is 0 Å². The molecule has 8 heteroatoms. The Morgan fingerprint density at radius 2 is 2.04 bits per heavy atom. The van der Waals surface area contributed by atoms with Gasteiger partial charge in [0.05, 0.1) is 7.11 Å². The Kier molecular flexibility index (Phi) is 4.89. The molecule has 25 heavy (non-hydrogen) atoms. The van der Waals surface area contributed by atoms with Crippen LogP contribution in [0.15, 0.2) is 47.1 Å². The lowest BCUT2D eigenvalue weighted by molar-refractivity contribution is 0.102. The fourth-order valence-corrected chi connectivity index (χ4v) is 2.10. The summed E-state index contributed by atoms with van der Waals surface area (Å²) in [6.45, 7) is 2.27. The average molecular weight is 339 g/mol.